The summed E-state index contributed by atoms with van der Waals surface area (Å²) >= 11 is 3.41. The molecular weight excluding hydrogens is 360 g/mol. The molecule has 0 saturated carbocycles. The third-order valence-corrected chi connectivity index (χ3v) is 4.05. The number of aromatic nitrogens is 2. The average Bonchev–Trinajstić information content (AvgIpc) is 2.98. The number of amides is 1. The van der Waals surface area contributed by atoms with Crippen molar-refractivity contribution in [3.63, 3.8) is 0 Å². The summed E-state index contributed by atoms with van der Waals surface area (Å²) in [7, 11) is 0. The van der Waals surface area contributed by atoms with E-state index in [4.69, 9.17) is 10.5 Å². The largest absolute Gasteiger partial charge is 0.444 e. The molecule has 2 aromatic rings. The first kappa shape index (κ1) is 15.9. The lowest BCUT2D eigenvalue weighted by Gasteiger charge is -2.24. The number of anilines is 1. The summed E-state index contributed by atoms with van der Waals surface area (Å²) in [5.74, 6) is 0.563. The lowest BCUT2D eigenvalue weighted by atomic mass is 10.2. The van der Waals surface area contributed by atoms with Crippen LogP contribution < -0.4 is 5.73 Å². The first-order chi connectivity index (χ1) is 10.7. The molecule has 0 radical (unpaired) electrons. The zero-order valence-corrected chi connectivity index (χ0v) is 14.9. The number of carbonyl (C=O) groups excluding carboxylic acids is 1. The van der Waals surface area contributed by atoms with Crippen LogP contribution in [0.5, 0.6) is 0 Å². The summed E-state index contributed by atoms with van der Waals surface area (Å²) in [6, 6.07) is 7.76. The van der Waals surface area contributed by atoms with E-state index < -0.39 is 5.60 Å². The zero-order chi connectivity index (χ0) is 16.8. The van der Waals surface area contributed by atoms with Crippen LogP contribution in [-0.4, -0.2) is 26.4 Å². The van der Waals surface area contributed by atoms with E-state index in [1.54, 1.807) is 9.58 Å². The average molecular weight is 379 g/mol. The van der Waals surface area contributed by atoms with Crippen molar-refractivity contribution in [1.29, 1.82) is 0 Å². The molecule has 2 N–H and O–H groups in total. The van der Waals surface area contributed by atoms with Crippen LogP contribution in [0.1, 0.15) is 32.0 Å². The van der Waals surface area contributed by atoms with Crippen LogP contribution in [0.15, 0.2) is 28.7 Å². The second-order valence-corrected chi connectivity index (χ2v) is 7.45. The van der Waals surface area contributed by atoms with Crippen molar-refractivity contribution < 1.29 is 9.53 Å². The molecule has 0 atom stereocenters. The number of halogens is 1. The fourth-order valence-corrected chi connectivity index (χ4v) is 2.74. The molecule has 0 spiro atoms. The molecule has 1 aliphatic heterocycles. The quantitative estimate of drug-likeness (QED) is 0.824. The van der Waals surface area contributed by atoms with Gasteiger partial charge in [-0.2, -0.15) is 5.10 Å². The SMILES string of the molecule is CC(C)(C)OC(=O)N1Cc2nn(-c3ccc(Br)cc3)c(N)c2C1. The summed E-state index contributed by atoms with van der Waals surface area (Å²) in [5, 5.41) is 4.55. The van der Waals surface area contributed by atoms with Gasteiger partial charge in [0.15, 0.2) is 0 Å². The molecule has 7 heteroatoms. The van der Waals surface area contributed by atoms with Gasteiger partial charge < -0.3 is 10.5 Å². The van der Waals surface area contributed by atoms with Gasteiger partial charge in [0.2, 0.25) is 0 Å². The number of ether oxygens (including phenoxy) is 1. The second-order valence-electron chi connectivity index (χ2n) is 6.54. The van der Waals surface area contributed by atoms with Crippen LogP contribution in [0.3, 0.4) is 0 Å². The lowest BCUT2D eigenvalue weighted by Crippen LogP contribution is -2.33. The molecular formula is C16H19BrN4O2. The maximum atomic E-state index is 12.2. The van der Waals surface area contributed by atoms with Gasteiger partial charge in [0.1, 0.15) is 11.4 Å². The van der Waals surface area contributed by atoms with Gasteiger partial charge in [-0.05, 0) is 45.0 Å². The Labute approximate surface area is 143 Å². The number of benzene rings is 1. The molecule has 2 heterocycles. The predicted octanol–water partition coefficient (Wildman–Crippen LogP) is 3.47. The Bertz CT molecular complexity index is 747. The maximum Gasteiger partial charge on any atom is 0.410 e. The Morgan fingerprint density at radius 3 is 2.48 bits per heavy atom. The highest BCUT2D eigenvalue weighted by molar-refractivity contribution is 9.10. The Balaban J connectivity index is 1.81. The van der Waals surface area contributed by atoms with E-state index >= 15 is 0 Å². The molecule has 1 amide bonds. The van der Waals surface area contributed by atoms with Gasteiger partial charge in [-0.3, -0.25) is 4.90 Å². The lowest BCUT2D eigenvalue weighted by molar-refractivity contribution is 0.0239. The molecule has 0 fully saturated rings. The normalized spacial score (nSPS) is 14.0. The van der Waals surface area contributed by atoms with Gasteiger partial charge in [0, 0.05) is 10.0 Å². The number of hydrogen-bond acceptors (Lipinski definition) is 4. The predicted molar refractivity (Wildman–Crippen MR) is 91.2 cm³/mol. The van der Waals surface area contributed by atoms with Crippen molar-refractivity contribution >= 4 is 27.8 Å². The standard InChI is InChI=1S/C16H19BrN4O2/c1-16(2,3)23-15(22)20-8-12-13(9-20)19-21(14(12)18)11-6-4-10(17)5-7-11/h4-7H,8-9,18H2,1-3H3. The van der Waals surface area contributed by atoms with Gasteiger partial charge in [-0.25, -0.2) is 9.48 Å². The fourth-order valence-electron chi connectivity index (χ4n) is 2.47. The van der Waals surface area contributed by atoms with Crippen LogP contribution in [0, 0.1) is 0 Å². The smallest absolute Gasteiger partial charge is 0.410 e. The number of nitrogens with zero attached hydrogens (tertiary/aromatic N) is 3. The molecule has 1 aromatic heterocycles. The van der Waals surface area contributed by atoms with Gasteiger partial charge in [0.25, 0.3) is 0 Å². The van der Waals surface area contributed by atoms with Gasteiger partial charge in [0.05, 0.1) is 24.5 Å². The Kier molecular flexibility index (Phi) is 3.83. The van der Waals surface area contributed by atoms with Crippen LogP contribution in [-0.2, 0) is 17.8 Å². The highest BCUT2D eigenvalue weighted by atomic mass is 79.9. The van der Waals surface area contributed by atoms with Crippen molar-refractivity contribution in [2.24, 2.45) is 0 Å². The summed E-state index contributed by atoms with van der Waals surface area (Å²) in [4.78, 5) is 13.8. The number of rotatable bonds is 1. The highest BCUT2D eigenvalue weighted by Crippen LogP contribution is 2.30. The fraction of sp³-hybridized carbons (Fsp3) is 0.375. The molecule has 6 nitrogen and oxygen atoms in total. The Morgan fingerprint density at radius 1 is 1.26 bits per heavy atom. The minimum Gasteiger partial charge on any atom is -0.444 e. The molecule has 1 aliphatic rings. The Hall–Kier alpha value is -2.02. The first-order valence-electron chi connectivity index (χ1n) is 7.35. The minimum absolute atomic E-state index is 0.343. The number of nitrogen functional groups attached to an aromatic ring is 1. The van der Waals surface area contributed by atoms with Crippen molar-refractivity contribution in [3.05, 3.63) is 40.0 Å². The number of nitrogens with two attached hydrogens (primary N) is 1. The van der Waals surface area contributed by atoms with E-state index in [1.807, 2.05) is 45.0 Å². The highest BCUT2D eigenvalue weighted by Gasteiger charge is 2.32. The molecule has 0 aliphatic carbocycles. The van der Waals surface area contributed by atoms with Crippen molar-refractivity contribution in [2.45, 2.75) is 39.5 Å². The van der Waals surface area contributed by atoms with E-state index in [1.165, 1.54) is 0 Å². The third kappa shape index (κ3) is 3.19. The van der Waals surface area contributed by atoms with E-state index in [9.17, 15) is 4.79 Å². The molecule has 122 valence electrons. The van der Waals surface area contributed by atoms with Crippen molar-refractivity contribution in [1.82, 2.24) is 14.7 Å². The van der Waals surface area contributed by atoms with E-state index in [-0.39, 0.29) is 6.09 Å². The molecule has 0 unspecified atom stereocenters. The monoisotopic (exact) mass is 378 g/mol. The summed E-state index contributed by atoms with van der Waals surface area (Å²) in [6.07, 6.45) is -0.343. The van der Waals surface area contributed by atoms with Crippen LogP contribution in [0.4, 0.5) is 10.6 Å². The second kappa shape index (κ2) is 5.56. The Morgan fingerprint density at radius 2 is 1.91 bits per heavy atom. The van der Waals surface area contributed by atoms with Crippen molar-refractivity contribution in [3.8, 4) is 5.69 Å². The first-order valence-corrected chi connectivity index (χ1v) is 8.14. The molecule has 3 rings (SSSR count). The van der Waals surface area contributed by atoms with Crippen molar-refractivity contribution in [2.75, 3.05) is 5.73 Å². The van der Waals surface area contributed by atoms with Crippen LogP contribution >= 0.6 is 15.9 Å². The van der Waals surface area contributed by atoms with E-state index in [0.29, 0.717) is 18.9 Å². The van der Waals surface area contributed by atoms with Gasteiger partial charge >= 0.3 is 6.09 Å². The third-order valence-electron chi connectivity index (χ3n) is 3.52. The summed E-state index contributed by atoms with van der Waals surface area (Å²) in [5.41, 5.74) is 8.31. The summed E-state index contributed by atoms with van der Waals surface area (Å²) < 4.78 is 8.10. The van der Waals surface area contributed by atoms with E-state index in [2.05, 4.69) is 21.0 Å². The molecule has 1 aromatic carbocycles. The minimum atomic E-state index is -0.514. The maximum absolute atomic E-state index is 12.2. The number of fused-ring (bicyclic) bond motifs is 1. The number of hydrogen-bond donors (Lipinski definition) is 1. The van der Waals surface area contributed by atoms with Crippen LogP contribution in [0.25, 0.3) is 5.69 Å². The summed E-state index contributed by atoms with van der Waals surface area (Å²) in [6.45, 7) is 6.39. The molecule has 0 bridgehead atoms. The van der Waals surface area contributed by atoms with Crippen LogP contribution in [0.2, 0.25) is 0 Å². The molecule has 23 heavy (non-hydrogen) atoms. The zero-order valence-electron chi connectivity index (χ0n) is 13.3. The topological polar surface area (TPSA) is 73.4 Å². The van der Waals surface area contributed by atoms with Gasteiger partial charge in [-0.15, -0.1) is 0 Å². The van der Waals surface area contributed by atoms with Gasteiger partial charge in [-0.1, -0.05) is 15.9 Å². The number of carbonyl (C=O) groups is 1. The van der Waals surface area contributed by atoms with E-state index in [0.717, 1.165) is 21.4 Å². The molecule has 0 saturated heterocycles.